The average molecular weight is 243 g/mol. The second-order valence-electron chi connectivity index (χ2n) is 5.21. The molecular weight excluding hydrogens is 222 g/mol. The molecule has 2 heterocycles. The van der Waals surface area contributed by atoms with Crippen molar-refractivity contribution in [3.8, 4) is 0 Å². The van der Waals surface area contributed by atoms with Gasteiger partial charge in [-0.1, -0.05) is 0 Å². The fraction of sp³-hybridized carbons (Fsp3) is 0.917. The van der Waals surface area contributed by atoms with Gasteiger partial charge in [0.1, 0.15) is 11.6 Å². The number of rotatable bonds is 2. The van der Waals surface area contributed by atoms with E-state index in [9.17, 15) is 4.79 Å². The Kier molecular flexibility index (Phi) is 3.70. The van der Waals surface area contributed by atoms with Gasteiger partial charge in [-0.25, -0.2) is 4.79 Å². The maximum absolute atomic E-state index is 12.0. The second-order valence-corrected chi connectivity index (χ2v) is 5.21. The molecule has 0 aromatic heterocycles. The Labute approximate surface area is 102 Å². The van der Waals surface area contributed by atoms with Crippen molar-refractivity contribution >= 4 is 5.97 Å². The van der Waals surface area contributed by atoms with Crippen molar-refractivity contribution in [3.63, 3.8) is 0 Å². The summed E-state index contributed by atoms with van der Waals surface area (Å²) in [5.74, 6) is -0.332. The maximum Gasteiger partial charge on any atom is 0.328 e. The van der Waals surface area contributed by atoms with E-state index in [-0.39, 0.29) is 30.9 Å². The van der Waals surface area contributed by atoms with Gasteiger partial charge in [-0.15, -0.1) is 0 Å². The van der Waals surface area contributed by atoms with Crippen molar-refractivity contribution in [2.45, 2.75) is 57.0 Å². The molecule has 2 aliphatic rings. The molecule has 3 atom stereocenters. The van der Waals surface area contributed by atoms with Crippen LogP contribution >= 0.6 is 0 Å². The fourth-order valence-corrected chi connectivity index (χ4v) is 2.45. The SMILES string of the molecule is CC1CC(OC(=O)C2(N)CCOC2)CC(C)O1. The molecule has 0 radical (unpaired) electrons. The first-order chi connectivity index (χ1) is 7.99. The summed E-state index contributed by atoms with van der Waals surface area (Å²) in [6, 6.07) is 0. The highest BCUT2D eigenvalue weighted by molar-refractivity contribution is 5.81. The lowest BCUT2D eigenvalue weighted by molar-refractivity contribution is -0.165. The lowest BCUT2D eigenvalue weighted by Gasteiger charge is -2.33. The van der Waals surface area contributed by atoms with Crippen LogP contribution in [0.4, 0.5) is 0 Å². The summed E-state index contributed by atoms with van der Waals surface area (Å²) in [4.78, 5) is 12.0. The van der Waals surface area contributed by atoms with Crippen molar-refractivity contribution in [3.05, 3.63) is 0 Å². The minimum absolute atomic E-state index is 0.0812. The van der Waals surface area contributed by atoms with E-state index in [1.54, 1.807) is 0 Å². The van der Waals surface area contributed by atoms with E-state index >= 15 is 0 Å². The van der Waals surface area contributed by atoms with Crippen LogP contribution in [-0.2, 0) is 19.0 Å². The number of hydrogen-bond acceptors (Lipinski definition) is 5. The first kappa shape index (κ1) is 12.8. The monoisotopic (exact) mass is 243 g/mol. The number of nitrogens with two attached hydrogens (primary N) is 1. The van der Waals surface area contributed by atoms with Crippen LogP contribution in [0.1, 0.15) is 33.1 Å². The molecular formula is C12H21NO4. The number of hydrogen-bond donors (Lipinski definition) is 1. The zero-order valence-corrected chi connectivity index (χ0v) is 10.5. The standard InChI is InChI=1S/C12H21NO4/c1-8-5-10(6-9(2)16-8)17-11(14)12(13)3-4-15-7-12/h8-10H,3-7,13H2,1-2H3. The Morgan fingerprint density at radius 3 is 2.53 bits per heavy atom. The van der Waals surface area contributed by atoms with Gasteiger partial charge < -0.3 is 19.9 Å². The van der Waals surface area contributed by atoms with Crippen molar-refractivity contribution in [2.75, 3.05) is 13.2 Å². The minimum Gasteiger partial charge on any atom is -0.461 e. The van der Waals surface area contributed by atoms with Crippen molar-refractivity contribution in [2.24, 2.45) is 5.73 Å². The predicted octanol–water partition coefficient (Wildman–Crippen LogP) is 0.603. The predicted molar refractivity (Wildman–Crippen MR) is 61.5 cm³/mol. The molecule has 0 aromatic rings. The molecule has 2 aliphatic heterocycles. The Hall–Kier alpha value is -0.650. The highest BCUT2D eigenvalue weighted by atomic mass is 16.6. The van der Waals surface area contributed by atoms with E-state index in [0.29, 0.717) is 13.0 Å². The third-order valence-corrected chi connectivity index (χ3v) is 3.39. The third-order valence-electron chi connectivity index (χ3n) is 3.39. The largest absolute Gasteiger partial charge is 0.461 e. The minimum atomic E-state index is -0.940. The Morgan fingerprint density at radius 2 is 2.00 bits per heavy atom. The topological polar surface area (TPSA) is 70.8 Å². The molecule has 0 spiro atoms. The molecule has 0 saturated carbocycles. The number of esters is 1. The molecule has 17 heavy (non-hydrogen) atoms. The summed E-state index contributed by atoms with van der Waals surface area (Å²) in [7, 11) is 0. The van der Waals surface area contributed by atoms with Gasteiger partial charge in [0.25, 0.3) is 0 Å². The normalized spacial score (nSPS) is 42.4. The number of carbonyl (C=O) groups is 1. The summed E-state index contributed by atoms with van der Waals surface area (Å²) in [5, 5.41) is 0. The van der Waals surface area contributed by atoms with Gasteiger partial charge in [0, 0.05) is 25.9 Å². The fourth-order valence-electron chi connectivity index (χ4n) is 2.45. The molecule has 2 N–H and O–H groups in total. The quantitative estimate of drug-likeness (QED) is 0.719. The Morgan fingerprint density at radius 1 is 1.35 bits per heavy atom. The van der Waals surface area contributed by atoms with Crippen LogP contribution < -0.4 is 5.73 Å². The maximum atomic E-state index is 12.0. The highest BCUT2D eigenvalue weighted by Gasteiger charge is 2.41. The molecule has 5 heteroatoms. The summed E-state index contributed by atoms with van der Waals surface area (Å²) in [6.45, 7) is 4.78. The molecule has 0 bridgehead atoms. The van der Waals surface area contributed by atoms with E-state index in [1.807, 2.05) is 13.8 Å². The van der Waals surface area contributed by atoms with Crippen LogP contribution in [0.3, 0.4) is 0 Å². The molecule has 0 amide bonds. The van der Waals surface area contributed by atoms with Crippen LogP contribution in [0.25, 0.3) is 0 Å². The lowest BCUT2D eigenvalue weighted by Crippen LogP contribution is -2.51. The highest BCUT2D eigenvalue weighted by Crippen LogP contribution is 2.24. The molecule has 0 aromatic carbocycles. The van der Waals surface area contributed by atoms with Crippen LogP contribution in [0, 0.1) is 0 Å². The van der Waals surface area contributed by atoms with Gasteiger partial charge in [-0.3, -0.25) is 0 Å². The van der Waals surface area contributed by atoms with Crippen LogP contribution in [0.5, 0.6) is 0 Å². The van der Waals surface area contributed by atoms with E-state index in [0.717, 1.165) is 12.8 Å². The smallest absolute Gasteiger partial charge is 0.328 e. The van der Waals surface area contributed by atoms with Gasteiger partial charge in [-0.2, -0.15) is 0 Å². The first-order valence-corrected chi connectivity index (χ1v) is 6.23. The average Bonchev–Trinajstić information content (AvgIpc) is 2.64. The first-order valence-electron chi connectivity index (χ1n) is 6.23. The summed E-state index contributed by atoms with van der Waals surface area (Å²) in [5.41, 5.74) is 5.02. The summed E-state index contributed by atoms with van der Waals surface area (Å²) < 4.78 is 16.3. The zero-order valence-electron chi connectivity index (χ0n) is 10.5. The zero-order chi connectivity index (χ0) is 12.5. The molecule has 0 aliphatic carbocycles. The Balaban J connectivity index is 1.89. The molecule has 2 saturated heterocycles. The number of carbonyl (C=O) groups excluding carboxylic acids is 1. The molecule has 2 fully saturated rings. The Bertz CT molecular complexity index is 278. The molecule has 5 nitrogen and oxygen atoms in total. The number of ether oxygens (including phenoxy) is 3. The van der Waals surface area contributed by atoms with Crippen molar-refractivity contribution in [1.29, 1.82) is 0 Å². The van der Waals surface area contributed by atoms with Gasteiger partial charge in [-0.05, 0) is 13.8 Å². The molecule has 3 unspecified atom stereocenters. The van der Waals surface area contributed by atoms with E-state index < -0.39 is 5.54 Å². The molecule has 2 rings (SSSR count). The summed E-state index contributed by atoms with van der Waals surface area (Å²) >= 11 is 0. The lowest BCUT2D eigenvalue weighted by atomic mass is 9.99. The third kappa shape index (κ3) is 2.97. The van der Waals surface area contributed by atoms with Gasteiger partial charge in [0.15, 0.2) is 0 Å². The summed E-state index contributed by atoms with van der Waals surface area (Å²) in [6.07, 6.45) is 2.21. The van der Waals surface area contributed by atoms with Gasteiger partial charge >= 0.3 is 5.97 Å². The second kappa shape index (κ2) is 4.92. The van der Waals surface area contributed by atoms with Crippen molar-refractivity contribution < 1.29 is 19.0 Å². The van der Waals surface area contributed by atoms with Crippen molar-refractivity contribution in [1.82, 2.24) is 0 Å². The van der Waals surface area contributed by atoms with E-state index in [2.05, 4.69) is 0 Å². The van der Waals surface area contributed by atoms with E-state index in [1.165, 1.54) is 0 Å². The van der Waals surface area contributed by atoms with Crippen LogP contribution in [0.15, 0.2) is 0 Å². The van der Waals surface area contributed by atoms with Crippen LogP contribution in [-0.4, -0.2) is 43.0 Å². The molecule has 98 valence electrons. The van der Waals surface area contributed by atoms with Gasteiger partial charge in [0.05, 0.1) is 18.8 Å². The van der Waals surface area contributed by atoms with Crippen LogP contribution in [0.2, 0.25) is 0 Å². The van der Waals surface area contributed by atoms with Gasteiger partial charge in [0.2, 0.25) is 0 Å². The van der Waals surface area contributed by atoms with E-state index in [4.69, 9.17) is 19.9 Å².